The van der Waals surface area contributed by atoms with E-state index in [1.807, 2.05) is 12.1 Å². The SMILES string of the molecule is N#C/C(=C(\O)Cn1cnc(C#N)n1)c1nc2cc(Cl)ccc2s1. The van der Waals surface area contributed by atoms with E-state index >= 15 is 0 Å². The van der Waals surface area contributed by atoms with Crippen LogP contribution in [0.4, 0.5) is 0 Å². The molecule has 9 heteroatoms. The van der Waals surface area contributed by atoms with Gasteiger partial charge in [-0.15, -0.1) is 16.4 Å². The first-order valence-electron chi connectivity index (χ1n) is 6.29. The van der Waals surface area contributed by atoms with E-state index in [1.54, 1.807) is 18.2 Å². The van der Waals surface area contributed by atoms with Gasteiger partial charge in [-0.25, -0.2) is 14.6 Å². The summed E-state index contributed by atoms with van der Waals surface area (Å²) in [5, 5.41) is 33.0. The maximum Gasteiger partial charge on any atom is 0.252 e. The van der Waals surface area contributed by atoms with Crippen LogP contribution in [0.25, 0.3) is 15.8 Å². The Morgan fingerprint density at radius 1 is 1.39 bits per heavy atom. The lowest BCUT2D eigenvalue weighted by molar-refractivity contribution is 0.371. The van der Waals surface area contributed by atoms with Gasteiger partial charge in [0.05, 0.1) is 10.2 Å². The van der Waals surface area contributed by atoms with Crippen LogP contribution < -0.4 is 0 Å². The van der Waals surface area contributed by atoms with Crippen LogP contribution in [0.5, 0.6) is 0 Å². The number of hydrogen-bond acceptors (Lipinski definition) is 7. The van der Waals surface area contributed by atoms with Crippen molar-refractivity contribution < 1.29 is 5.11 Å². The van der Waals surface area contributed by atoms with Gasteiger partial charge in [0.25, 0.3) is 5.82 Å². The van der Waals surface area contributed by atoms with E-state index in [1.165, 1.54) is 22.3 Å². The quantitative estimate of drug-likeness (QED) is 0.578. The molecule has 7 nitrogen and oxygen atoms in total. The molecule has 0 unspecified atom stereocenters. The van der Waals surface area contributed by atoms with Crippen LogP contribution in [0.15, 0.2) is 30.3 Å². The van der Waals surface area contributed by atoms with Gasteiger partial charge >= 0.3 is 0 Å². The van der Waals surface area contributed by atoms with E-state index in [0.29, 0.717) is 15.5 Å². The summed E-state index contributed by atoms with van der Waals surface area (Å²) in [5.41, 5.74) is 0.710. The average molecular weight is 343 g/mol. The standard InChI is InChI=1S/C14H7ClN6OS/c15-8-1-2-12-10(3-8)19-14(23-12)9(4-16)11(22)6-21-7-18-13(5-17)20-21/h1-3,7,22H,6H2/b11-9+. The molecule has 2 aromatic heterocycles. The monoisotopic (exact) mass is 342 g/mol. The number of nitriles is 2. The molecule has 0 aliphatic rings. The molecule has 0 aliphatic carbocycles. The molecule has 0 fully saturated rings. The third-order valence-corrected chi connectivity index (χ3v) is 4.20. The third kappa shape index (κ3) is 2.99. The van der Waals surface area contributed by atoms with Gasteiger partial charge in [0.2, 0.25) is 0 Å². The molecule has 0 saturated carbocycles. The fourth-order valence-electron chi connectivity index (χ4n) is 1.90. The number of thiazole rings is 1. The van der Waals surface area contributed by atoms with Crippen molar-refractivity contribution in [2.45, 2.75) is 6.54 Å². The molecule has 0 bridgehead atoms. The second kappa shape index (κ2) is 6.05. The topological polar surface area (TPSA) is 111 Å². The van der Waals surface area contributed by atoms with E-state index < -0.39 is 0 Å². The Morgan fingerprint density at radius 2 is 2.22 bits per heavy atom. The lowest BCUT2D eigenvalue weighted by Gasteiger charge is -2.01. The largest absolute Gasteiger partial charge is 0.509 e. The van der Waals surface area contributed by atoms with Gasteiger partial charge in [-0.05, 0) is 18.2 Å². The van der Waals surface area contributed by atoms with Crippen molar-refractivity contribution in [3.05, 3.63) is 46.1 Å². The Bertz CT molecular complexity index is 1010. The Hall–Kier alpha value is -2.94. The van der Waals surface area contributed by atoms with Crippen molar-refractivity contribution in [3.63, 3.8) is 0 Å². The number of aromatic nitrogens is 4. The number of fused-ring (bicyclic) bond motifs is 1. The summed E-state index contributed by atoms with van der Waals surface area (Å²) in [5.74, 6) is -0.210. The number of hydrogen-bond donors (Lipinski definition) is 1. The fourth-order valence-corrected chi connectivity index (χ4v) is 3.03. The first-order chi connectivity index (χ1) is 11.1. The highest BCUT2D eigenvalue weighted by Crippen LogP contribution is 2.30. The van der Waals surface area contributed by atoms with Crippen molar-refractivity contribution in [2.24, 2.45) is 0 Å². The van der Waals surface area contributed by atoms with Gasteiger partial charge in [0, 0.05) is 5.02 Å². The predicted octanol–water partition coefficient (Wildman–Crippen LogP) is 2.91. The molecule has 0 amide bonds. The Kier molecular flexibility index (Phi) is 3.94. The lowest BCUT2D eigenvalue weighted by atomic mass is 10.2. The minimum absolute atomic E-state index is 0.00839. The van der Waals surface area contributed by atoms with E-state index in [-0.39, 0.29) is 23.7 Å². The summed E-state index contributed by atoms with van der Waals surface area (Å²) in [7, 11) is 0. The molecule has 3 rings (SSSR count). The molecular weight excluding hydrogens is 336 g/mol. The smallest absolute Gasteiger partial charge is 0.252 e. The van der Waals surface area contributed by atoms with E-state index in [2.05, 4.69) is 15.1 Å². The Morgan fingerprint density at radius 3 is 2.91 bits per heavy atom. The van der Waals surface area contributed by atoms with Crippen molar-refractivity contribution in [2.75, 3.05) is 0 Å². The zero-order valence-electron chi connectivity index (χ0n) is 11.4. The van der Waals surface area contributed by atoms with Crippen LogP contribution in [-0.2, 0) is 6.54 Å². The summed E-state index contributed by atoms with van der Waals surface area (Å²) >= 11 is 7.20. The average Bonchev–Trinajstić information content (AvgIpc) is 3.14. The van der Waals surface area contributed by atoms with Crippen molar-refractivity contribution >= 4 is 38.7 Å². The van der Waals surface area contributed by atoms with E-state index in [4.69, 9.17) is 16.9 Å². The van der Waals surface area contributed by atoms with Gasteiger partial charge in [-0.3, -0.25) is 0 Å². The second-order valence-electron chi connectivity index (χ2n) is 4.44. The number of allylic oxidation sites excluding steroid dienone is 2. The minimum Gasteiger partial charge on any atom is -0.509 e. The van der Waals surface area contributed by atoms with E-state index in [9.17, 15) is 10.4 Å². The van der Waals surface area contributed by atoms with Crippen molar-refractivity contribution in [3.8, 4) is 12.1 Å². The summed E-state index contributed by atoms with van der Waals surface area (Å²) < 4.78 is 2.13. The number of benzene rings is 1. The highest BCUT2D eigenvalue weighted by Gasteiger charge is 2.15. The summed E-state index contributed by atoms with van der Waals surface area (Å²) in [6, 6.07) is 8.98. The highest BCUT2D eigenvalue weighted by atomic mass is 35.5. The predicted molar refractivity (Wildman–Crippen MR) is 84.5 cm³/mol. The fraction of sp³-hybridized carbons (Fsp3) is 0.0714. The molecule has 3 aromatic rings. The van der Waals surface area contributed by atoms with E-state index in [0.717, 1.165) is 4.70 Å². The summed E-state index contributed by atoms with van der Waals surface area (Å²) in [6.07, 6.45) is 1.31. The Balaban J connectivity index is 1.99. The van der Waals surface area contributed by atoms with Crippen LogP contribution in [0.3, 0.4) is 0 Å². The molecule has 0 radical (unpaired) electrons. The maximum atomic E-state index is 10.2. The van der Waals surface area contributed by atoms with Gasteiger partial charge in [-0.1, -0.05) is 11.6 Å². The molecule has 0 atom stereocenters. The molecule has 2 heterocycles. The van der Waals surface area contributed by atoms with Crippen molar-refractivity contribution in [1.29, 1.82) is 10.5 Å². The first-order valence-corrected chi connectivity index (χ1v) is 7.48. The van der Waals surface area contributed by atoms with Gasteiger partial charge in [0.15, 0.2) is 0 Å². The van der Waals surface area contributed by atoms with Crippen LogP contribution in [0.2, 0.25) is 5.02 Å². The molecule has 1 N–H and O–H groups in total. The van der Waals surface area contributed by atoms with Gasteiger partial charge in [0.1, 0.15) is 41.4 Å². The number of nitrogens with zero attached hydrogens (tertiary/aromatic N) is 6. The zero-order valence-corrected chi connectivity index (χ0v) is 13.0. The summed E-state index contributed by atoms with van der Waals surface area (Å²) in [4.78, 5) is 8.06. The third-order valence-electron chi connectivity index (χ3n) is 2.91. The number of aliphatic hydroxyl groups is 1. The van der Waals surface area contributed by atoms with Crippen LogP contribution in [0.1, 0.15) is 10.8 Å². The number of aliphatic hydroxyl groups excluding tert-OH is 1. The first kappa shape index (κ1) is 15.0. The summed E-state index contributed by atoms with van der Waals surface area (Å²) in [6.45, 7) is -0.0751. The molecule has 112 valence electrons. The van der Waals surface area contributed by atoms with Gasteiger partial charge < -0.3 is 5.11 Å². The number of halogens is 1. The zero-order chi connectivity index (χ0) is 16.4. The Labute approximate surface area is 139 Å². The molecule has 23 heavy (non-hydrogen) atoms. The molecule has 0 spiro atoms. The molecule has 0 saturated heterocycles. The van der Waals surface area contributed by atoms with Crippen molar-refractivity contribution in [1.82, 2.24) is 19.7 Å². The minimum atomic E-state index is -0.202. The molecule has 0 aliphatic heterocycles. The maximum absolute atomic E-state index is 10.2. The second-order valence-corrected chi connectivity index (χ2v) is 5.91. The molecule has 1 aromatic carbocycles. The van der Waals surface area contributed by atoms with Crippen LogP contribution in [0, 0.1) is 22.7 Å². The number of rotatable bonds is 3. The highest BCUT2D eigenvalue weighted by molar-refractivity contribution is 7.19. The van der Waals surface area contributed by atoms with Crippen LogP contribution in [-0.4, -0.2) is 24.9 Å². The van der Waals surface area contributed by atoms with Crippen LogP contribution >= 0.6 is 22.9 Å². The lowest BCUT2D eigenvalue weighted by Crippen LogP contribution is -2.04. The molecular formula is C14H7ClN6OS. The normalized spacial score (nSPS) is 11.8. The van der Waals surface area contributed by atoms with Gasteiger partial charge in [-0.2, -0.15) is 10.5 Å².